The van der Waals surface area contributed by atoms with Crippen molar-refractivity contribution in [2.45, 2.75) is 32.7 Å². The van der Waals surface area contributed by atoms with E-state index in [0.29, 0.717) is 0 Å². The highest BCUT2D eigenvalue weighted by Gasteiger charge is 2.22. The van der Waals surface area contributed by atoms with E-state index >= 15 is 0 Å². The molecule has 0 atom stereocenters. The molecule has 84 valence electrons. The molecule has 0 bridgehead atoms. The molecule has 1 rings (SSSR count). The predicted molar refractivity (Wildman–Crippen MR) is 64.4 cm³/mol. The van der Waals surface area contributed by atoms with Crippen molar-refractivity contribution < 1.29 is 0 Å². The molecule has 0 aromatic carbocycles. The molecule has 0 amide bonds. The zero-order chi connectivity index (χ0) is 11.5. The Labute approximate surface area is 91.7 Å². The Balaban J connectivity index is 2.95. The molecule has 0 aliphatic heterocycles. The summed E-state index contributed by atoms with van der Waals surface area (Å²) in [6.07, 6.45) is 2.66. The monoisotopic (exact) mass is 208 g/mol. The standard InChI is InChI=1S/C11H20N4/c1-6-11(2,3)15(5)10-7-9(12-4)13-8-14-10/h7-8H,6H2,1-5H3,(H,12,13,14). The number of aromatic nitrogens is 2. The van der Waals surface area contributed by atoms with Crippen LogP contribution in [0.3, 0.4) is 0 Å². The molecule has 1 heterocycles. The minimum absolute atomic E-state index is 0.110. The first kappa shape index (κ1) is 11.8. The largest absolute Gasteiger partial charge is 0.373 e. The first-order chi connectivity index (χ1) is 7.01. The van der Waals surface area contributed by atoms with Gasteiger partial charge in [0.25, 0.3) is 0 Å². The first-order valence-electron chi connectivity index (χ1n) is 5.25. The van der Waals surface area contributed by atoms with E-state index in [2.05, 4.69) is 48.0 Å². The Bertz CT molecular complexity index is 322. The number of rotatable bonds is 4. The Kier molecular flexibility index (Phi) is 3.50. The molecule has 4 heteroatoms. The summed E-state index contributed by atoms with van der Waals surface area (Å²) in [6.45, 7) is 6.58. The first-order valence-corrected chi connectivity index (χ1v) is 5.25. The molecule has 0 aliphatic carbocycles. The van der Waals surface area contributed by atoms with Crippen LogP contribution in [0.25, 0.3) is 0 Å². The van der Waals surface area contributed by atoms with Crippen molar-refractivity contribution in [3.05, 3.63) is 12.4 Å². The van der Waals surface area contributed by atoms with Gasteiger partial charge in [0.05, 0.1) is 0 Å². The van der Waals surface area contributed by atoms with Crippen LogP contribution in [0.4, 0.5) is 11.6 Å². The SMILES string of the molecule is CCC(C)(C)N(C)c1cc(NC)ncn1. The highest BCUT2D eigenvalue weighted by molar-refractivity contribution is 5.49. The van der Waals surface area contributed by atoms with Crippen molar-refractivity contribution >= 4 is 11.6 Å². The average Bonchev–Trinajstić information content (AvgIpc) is 2.28. The summed E-state index contributed by atoms with van der Waals surface area (Å²) in [5.41, 5.74) is 0.110. The maximum absolute atomic E-state index is 4.28. The second-order valence-electron chi connectivity index (χ2n) is 4.24. The fourth-order valence-electron chi connectivity index (χ4n) is 1.21. The molecule has 1 N–H and O–H groups in total. The van der Waals surface area contributed by atoms with Gasteiger partial charge < -0.3 is 10.2 Å². The molecule has 0 saturated heterocycles. The fourth-order valence-corrected chi connectivity index (χ4v) is 1.21. The van der Waals surface area contributed by atoms with Gasteiger partial charge in [-0.1, -0.05) is 6.92 Å². The number of nitrogens with zero attached hydrogens (tertiary/aromatic N) is 3. The summed E-state index contributed by atoms with van der Waals surface area (Å²) in [4.78, 5) is 10.6. The summed E-state index contributed by atoms with van der Waals surface area (Å²) in [7, 11) is 3.92. The lowest BCUT2D eigenvalue weighted by molar-refractivity contribution is 0.467. The van der Waals surface area contributed by atoms with Crippen LogP contribution in [0.2, 0.25) is 0 Å². The van der Waals surface area contributed by atoms with E-state index in [1.807, 2.05) is 13.1 Å². The molecule has 15 heavy (non-hydrogen) atoms. The van der Waals surface area contributed by atoms with Gasteiger partial charge in [-0.2, -0.15) is 0 Å². The van der Waals surface area contributed by atoms with Crippen molar-refractivity contribution in [2.24, 2.45) is 0 Å². The van der Waals surface area contributed by atoms with Crippen LogP contribution in [0.5, 0.6) is 0 Å². The topological polar surface area (TPSA) is 41.0 Å². The van der Waals surface area contributed by atoms with Crippen molar-refractivity contribution in [1.82, 2.24) is 9.97 Å². The van der Waals surface area contributed by atoms with E-state index < -0.39 is 0 Å². The lowest BCUT2D eigenvalue weighted by Crippen LogP contribution is -2.41. The number of anilines is 2. The predicted octanol–water partition coefficient (Wildman–Crippen LogP) is 2.14. The highest BCUT2D eigenvalue weighted by Crippen LogP contribution is 2.23. The summed E-state index contributed by atoms with van der Waals surface area (Å²) >= 11 is 0. The molecule has 0 spiro atoms. The summed E-state index contributed by atoms with van der Waals surface area (Å²) in [5, 5.41) is 3.01. The molecule has 4 nitrogen and oxygen atoms in total. The van der Waals surface area contributed by atoms with Gasteiger partial charge in [0.2, 0.25) is 0 Å². The van der Waals surface area contributed by atoms with Crippen LogP contribution in [0, 0.1) is 0 Å². The maximum atomic E-state index is 4.28. The van der Waals surface area contributed by atoms with Crippen LogP contribution < -0.4 is 10.2 Å². The third kappa shape index (κ3) is 2.58. The average molecular weight is 208 g/mol. The zero-order valence-corrected chi connectivity index (χ0v) is 10.2. The van der Waals surface area contributed by atoms with Crippen LogP contribution >= 0.6 is 0 Å². The summed E-state index contributed by atoms with van der Waals surface area (Å²) < 4.78 is 0. The van der Waals surface area contributed by atoms with Gasteiger partial charge in [-0.3, -0.25) is 0 Å². The number of hydrogen-bond donors (Lipinski definition) is 1. The van der Waals surface area contributed by atoms with Gasteiger partial charge in [0.1, 0.15) is 18.0 Å². The minimum Gasteiger partial charge on any atom is -0.373 e. The third-order valence-electron chi connectivity index (χ3n) is 3.03. The molecule has 1 aromatic heterocycles. The summed E-state index contributed by atoms with van der Waals surface area (Å²) in [5.74, 6) is 1.79. The summed E-state index contributed by atoms with van der Waals surface area (Å²) in [6, 6.07) is 1.96. The molecule has 1 aromatic rings. The Hall–Kier alpha value is -1.32. The van der Waals surface area contributed by atoms with E-state index in [-0.39, 0.29) is 5.54 Å². The Morgan fingerprint density at radius 2 is 2.07 bits per heavy atom. The molecule has 0 aliphatic rings. The number of hydrogen-bond acceptors (Lipinski definition) is 4. The smallest absolute Gasteiger partial charge is 0.134 e. The van der Waals surface area contributed by atoms with Crippen LogP contribution in [-0.2, 0) is 0 Å². The van der Waals surface area contributed by atoms with Gasteiger partial charge in [0.15, 0.2) is 0 Å². The Morgan fingerprint density at radius 1 is 1.40 bits per heavy atom. The quantitative estimate of drug-likeness (QED) is 0.823. The molecule has 0 unspecified atom stereocenters. The second kappa shape index (κ2) is 4.47. The van der Waals surface area contributed by atoms with Gasteiger partial charge in [-0.25, -0.2) is 9.97 Å². The van der Waals surface area contributed by atoms with Gasteiger partial charge >= 0.3 is 0 Å². The second-order valence-corrected chi connectivity index (χ2v) is 4.24. The minimum atomic E-state index is 0.110. The van der Waals surface area contributed by atoms with Crippen molar-refractivity contribution in [3.63, 3.8) is 0 Å². The fraction of sp³-hybridized carbons (Fsp3) is 0.636. The third-order valence-corrected chi connectivity index (χ3v) is 3.03. The van der Waals surface area contributed by atoms with Gasteiger partial charge in [0, 0.05) is 25.7 Å². The highest BCUT2D eigenvalue weighted by atomic mass is 15.2. The van der Waals surface area contributed by atoms with E-state index in [0.717, 1.165) is 18.1 Å². The Morgan fingerprint density at radius 3 is 2.60 bits per heavy atom. The van der Waals surface area contributed by atoms with Crippen LogP contribution in [0.1, 0.15) is 27.2 Å². The zero-order valence-electron chi connectivity index (χ0n) is 10.2. The lowest BCUT2D eigenvalue weighted by atomic mass is 10.0. The maximum Gasteiger partial charge on any atom is 0.134 e. The molecular formula is C11H20N4. The van der Waals surface area contributed by atoms with Gasteiger partial charge in [-0.15, -0.1) is 0 Å². The van der Waals surface area contributed by atoms with Crippen molar-refractivity contribution in [3.8, 4) is 0 Å². The van der Waals surface area contributed by atoms with E-state index in [1.165, 1.54) is 0 Å². The van der Waals surface area contributed by atoms with E-state index in [9.17, 15) is 0 Å². The normalized spacial score (nSPS) is 11.3. The van der Waals surface area contributed by atoms with Gasteiger partial charge in [-0.05, 0) is 20.3 Å². The van der Waals surface area contributed by atoms with Crippen LogP contribution in [-0.4, -0.2) is 29.6 Å². The van der Waals surface area contributed by atoms with Crippen LogP contribution in [0.15, 0.2) is 12.4 Å². The molecule has 0 fully saturated rings. The molecule has 0 saturated carbocycles. The molecular weight excluding hydrogens is 188 g/mol. The van der Waals surface area contributed by atoms with E-state index in [4.69, 9.17) is 0 Å². The van der Waals surface area contributed by atoms with Crippen molar-refractivity contribution in [2.75, 3.05) is 24.3 Å². The lowest BCUT2D eigenvalue weighted by Gasteiger charge is -2.35. The molecule has 0 radical (unpaired) electrons. The van der Waals surface area contributed by atoms with E-state index in [1.54, 1.807) is 6.33 Å². The van der Waals surface area contributed by atoms with Crippen molar-refractivity contribution in [1.29, 1.82) is 0 Å². The number of nitrogens with one attached hydrogen (secondary N) is 1.